The summed E-state index contributed by atoms with van der Waals surface area (Å²) in [6, 6.07) is 5.04. The van der Waals surface area contributed by atoms with E-state index in [-0.39, 0.29) is 13.8 Å². The van der Waals surface area contributed by atoms with Crippen LogP contribution in [0.2, 0.25) is 0 Å². The molecule has 0 amide bonds. The number of nitrogens with zero attached hydrogens (tertiary/aromatic N) is 2. The van der Waals surface area contributed by atoms with Crippen LogP contribution in [0.5, 0.6) is 11.5 Å². The molecule has 44 heavy (non-hydrogen) atoms. The number of aliphatic carboxylic acids is 1. The highest BCUT2D eigenvalue weighted by Crippen LogP contribution is 2.27. The van der Waals surface area contributed by atoms with Gasteiger partial charge in [0.05, 0.1) is 30.3 Å². The van der Waals surface area contributed by atoms with Crippen molar-refractivity contribution in [1.82, 2.24) is 0 Å². The summed E-state index contributed by atoms with van der Waals surface area (Å²) in [6.45, 7) is 4.73. The molecule has 0 atom stereocenters. The Hall–Kier alpha value is -4.38. The summed E-state index contributed by atoms with van der Waals surface area (Å²) in [5.41, 5.74) is -0.622. The van der Waals surface area contributed by atoms with Crippen LogP contribution >= 0.6 is 0 Å². The molecule has 0 saturated heterocycles. The fourth-order valence-electron chi connectivity index (χ4n) is 2.82. The van der Waals surface area contributed by atoms with Crippen LogP contribution in [0, 0.1) is 43.5 Å². The summed E-state index contributed by atoms with van der Waals surface area (Å²) >= 11 is 0. The molecule has 0 spiro atoms. The Bertz CT molecular complexity index is 1110. The first kappa shape index (κ1) is 41.8. The zero-order valence-corrected chi connectivity index (χ0v) is 23.8. The van der Waals surface area contributed by atoms with E-state index >= 15 is 0 Å². The molecule has 0 aliphatic rings. The molecular weight excluding hydrogens is 617 g/mol. The van der Waals surface area contributed by atoms with Gasteiger partial charge in [-0.25, -0.2) is 22.4 Å². The number of hydrogen-bond acceptors (Lipinski definition) is 7. The Labute approximate surface area is 248 Å². The number of para-hydroxylation sites is 1. The highest BCUT2D eigenvalue weighted by atomic mass is 19.4. The van der Waals surface area contributed by atoms with Crippen LogP contribution in [0.4, 0.5) is 36.4 Å². The van der Waals surface area contributed by atoms with Crippen LogP contribution in [0.3, 0.4) is 0 Å². The Kier molecular flexibility index (Phi) is 21.9. The first-order valence-electron chi connectivity index (χ1n) is 13.0. The third kappa shape index (κ3) is 20.5. The quantitative estimate of drug-likeness (QED) is 0.0942. The van der Waals surface area contributed by atoms with E-state index in [2.05, 4.69) is 13.8 Å². The van der Waals surface area contributed by atoms with E-state index in [1.54, 1.807) is 0 Å². The number of unbranched alkanes of at least 4 members (excludes halogenated alkanes) is 6. The van der Waals surface area contributed by atoms with E-state index in [0.29, 0.717) is 25.2 Å². The highest BCUT2D eigenvalue weighted by molar-refractivity contribution is 5.73. The van der Waals surface area contributed by atoms with Crippen molar-refractivity contribution < 1.29 is 66.8 Å². The summed E-state index contributed by atoms with van der Waals surface area (Å²) in [7, 11) is 0. The third-order valence-corrected chi connectivity index (χ3v) is 4.84. The Morgan fingerprint density at radius 1 is 0.795 bits per heavy atom. The minimum Gasteiger partial charge on any atom is -0.488 e. The van der Waals surface area contributed by atoms with Gasteiger partial charge in [-0.05, 0) is 25.0 Å². The molecule has 0 saturated carbocycles. The third-order valence-electron chi connectivity index (χ3n) is 4.84. The topological polar surface area (TPSA) is 162 Å². The monoisotopic (exact) mass is 651 g/mol. The van der Waals surface area contributed by atoms with Crippen molar-refractivity contribution in [1.29, 1.82) is 0 Å². The zero-order valence-electron chi connectivity index (χ0n) is 24.8. The smallest absolute Gasteiger partial charge is 0.488 e. The fraction of sp³-hybridized carbons (Fsp3) is 0.500. The lowest BCUT2D eigenvalue weighted by atomic mass is 10.2. The molecule has 250 valence electrons. The van der Waals surface area contributed by atoms with E-state index in [9.17, 15) is 40.8 Å². The maximum absolute atomic E-state index is 13.4. The van der Waals surface area contributed by atoms with Crippen molar-refractivity contribution in [2.75, 3.05) is 13.2 Å². The van der Waals surface area contributed by atoms with E-state index < -0.39 is 56.9 Å². The van der Waals surface area contributed by atoms with E-state index in [4.69, 9.17) is 34.7 Å². The SMILES string of the molecule is CCCCCCOc1c(F)cc([N+](=O)[O-])cc1F.CCCCCCOc1c(F)cccc1F.O=C(O)C(F)(F)F.O=[N+]([O-])O.[H+]. The highest BCUT2D eigenvalue weighted by Gasteiger charge is 2.38. The lowest BCUT2D eigenvalue weighted by Crippen LogP contribution is -2.21. The van der Waals surface area contributed by atoms with Crippen LogP contribution < -0.4 is 9.47 Å². The molecule has 0 unspecified atom stereocenters. The van der Waals surface area contributed by atoms with E-state index in [1.807, 2.05) is 0 Å². The van der Waals surface area contributed by atoms with Gasteiger partial charge in [0.1, 0.15) is 0 Å². The van der Waals surface area contributed by atoms with Gasteiger partial charge >= 0.3 is 13.6 Å². The van der Waals surface area contributed by atoms with Gasteiger partial charge in [-0.15, -0.1) is 10.1 Å². The number of carboxylic acid groups (broad SMARTS) is 1. The second-order valence-corrected chi connectivity index (χ2v) is 8.41. The zero-order chi connectivity index (χ0) is 34.3. The van der Waals surface area contributed by atoms with Gasteiger partial charge in [-0.3, -0.25) is 10.1 Å². The molecule has 18 heteroatoms. The van der Waals surface area contributed by atoms with Crippen molar-refractivity contribution in [2.24, 2.45) is 0 Å². The average Bonchev–Trinajstić information content (AvgIpc) is 2.91. The van der Waals surface area contributed by atoms with Gasteiger partial charge in [-0.1, -0.05) is 58.4 Å². The lowest BCUT2D eigenvalue weighted by Gasteiger charge is -2.07. The predicted molar refractivity (Wildman–Crippen MR) is 142 cm³/mol. The number of nitro benzene ring substituents is 1. The number of ether oxygens (including phenoxy) is 2. The number of carbonyl (C=O) groups is 1. The molecule has 0 radical (unpaired) electrons. The van der Waals surface area contributed by atoms with Crippen LogP contribution in [-0.2, 0) is 4.79 Å². The van der Waals surface area contributed by atoms with Crippen molar-refractivity contribution >= 4 is 11.7 Å². The molecule has 0 aromatic heterocycles. The van der Waals surface area contributed by atoms with Crippen LogP contribution in [-0.4, -0.2) is 45.7 Å². The maximum Gasteiger partial charge on any atom is 1.00 e. The molecule has 2 rings (SSSR count). The van der Waals surface area contributed by atoms with E-state index in [1.165, 1.54) is 18.2 Å². The first-order chi connectivity index (χ1) is 20.5. The van der Waals surface area contributed by atoms with Crippen LogP contribution in [0.15, 0.2) is 30.3 Å². The van der Waals surface area contributed by atoms with Gasteiger partial charge in [0.15, 0.2) is 34.8 Å². The standard InChI is InChI=1S/C12H15F2NO3.C12H16F2O.C2HF3O2.HNO3/c1-2-3-4-5-6-18-12-10(13)7-9(15(16)17)8-11(12)14;1-2-3-4-5-9-15-12-10(13)7-6-8-11(12)14;3-2(4,5)1(6)7;2-1(3)4/h7-8H,2-6H2,1H3;6-8H,2-5,9H2,1H3;(H,6,7);(H,2,3,4)/p+1. The molecule has 2 aromatic carbocycles. The lowest BCUT2D eigenvalue weighted by molar-refractivity contribution is -0.742. The van der Waals surface area contributed by atoms with Crippen molar-refractivity contribution in [3.05, 3.63) is 73.8 Å². The number of carboxylic acids is 1. The number of hydrogen-bond donors (Lipinski definition) is 2. The normalized spacial score (nSPS) is 10.1. The van der Waals surface area contributed by atoms with Crippen molar-refractivity contribution in [2.45, 2.75) is 71.4 Å². The van der Waals surface area contributed by atoms with Gasteiger partial charge < -0.3 is 19.8 Å². The molecule has 2 aromatic rings. The minimum absolute atomic E-state index is 0. The second-order valence-electron chi connectivity index (χ2n) is 8.41. The maximum atomic E-state index is 13.4. The van der Waals surface area contributed by atoms with Crippen molar-refractivity contribution in [3.63, 3.8) is 0 Å². The molecule has 0 heterocycles. The van der Waals surface area contributed by atoms with E-state index in [0.717, 1.165) is 44.9 Å². The Morgan fingerprint density at radius 2 is 1.14 bits per heavy atom. The number of alkyl halides is 3. The summed E-state index contributed by atoms with van der Waals surface area (Å²) in [4.78, 5) is 26.8. The van der Waals surface area contributed by atoms with Gasteiger partial charge in [0.2, 0.25) is 0 Å². The van der Waals surface area contributed by atoms with Crippen LogP contribution in [0.25, 0.3) is 0 Å². The molecule has 0 aliphatic carbocycles. The second kappa shape index (κ2) is 23.1. The largest absolute Gasteiger partial charge is 1.00 e. The summed E-state index contributed by atoms with van der Waals surface area (Å²) in [6.07, 6.45) is 2.76. The van der Waals surface area contributed by atoms with Gasteiger partial charge in [0, 0.05) is 0 Å². The molecule has 0 aliphatic heterocycles. The number of rotatable bonds is 13. The Balaban J connectivity index is -0.000000587. The summed E-state index contributed by atoms with van der Waals surface area (Å²) in [5, 5.41) is 31.1. The number of halogens is 7. The van der Waals surface area contributed by atoms with Gasteiger partial charge in [0.25, 0.3) is 10.8 Å². The van der Waals surface area contributed by atoms with Crippen molar-refractivity contribution in [3.8, 4) is 11.5 Å². The summed E-state index contributed by atoms with van der Waals surface area (Å²) < 4.78 is 94.7. The van der Waals surface area contributed by atoms with Crippen LogP contribution in [0.1, 0.15) is 66.6 Å². The predicted octanol–water partition coefficient (Wildman–Crippen LogP) is 8.15. The van der Waals surface area contributed by atoms with Gasteiger partial charge in [-0.2, -0.15) is 13.2 Å². The fourth-order valence-corrected chi connectivity index (χ4v) is 2.82. The summed E-state index contributed by atoms with van der Waals surface area (Å²) in [5.74, 6) is -6.91. The Morgan fingerprint density at radius 3 is 1.43 bits per heavy atom. The minimum atomic E-state index is -5.08. The molecule has 0 fully saturated rings. The molecule has 11 nitrogen and oxygen atoms in total. The molecular formula is C26H34F7N2O9+. The molecule has 0 bridgehead atoms. The number of benzene rings is 2. The number of nitro groups is 1. The first-order valence-corrected chi connectivity index (χ1v) is 13.0. The number of non-ortho nitro benzene ring substituents is 1. The molecule has 2 N–H and O–H groups in total. The average molecular weight is 652 g/mol.